The summed E-state index contributed by atoms with van der Waals surface area (Å²) in [4.78, 5) is 20.0. The molecule has 7 heteroatoms. The number of nitrogens with two attached hydrogens (primary N) is 1. The lowest BCUT2D eigenvalue weighted by atomic mass is 9.83. The number of rotatable bonds is 5. The highest BCUT2D eigenvalue weighted by atomic mass is 19.1. The SMILES string of the molecule is NC(=O)C1C=CN=CC1(F)c1ccc(-n2nc(C3CC3)cc2C2CC2)nc1. The van der Waals surface area contributed by atoms with Crippen LogP contribution in [0.5, 0.6) is 0 Å². The minimum Gasteiger partial charge on any atom is -0.369 e. The first-order chi connectivity index (χ1) is 13.1. The maximum absolute atomic E-state index is 15.5. The second-order valence-corrected chi connectivity index (χ2v) is 7.63. The fraction of sp³-hybridized carbons (Fsp3) is 0.400. The minimum absolute atomic E-state index is 0.255. The topological polar surface area (TPSA) is 86.2 Å². The van der Waals surface area contributed by atoms with Gasteiger partial charge in [0.05, 0.1) is 5.69 Å². The molecular formula is C20H20FN5O. The standard InChI is InChI=1S/C20H20FN5O/c21-20(11-23-8-7-15(20)19(22)27)14-5-6-18(24-10-14)26-17(13-3-4-13)9-16(25-26)12-1-2-12/h5-13,15H,1-4H2,(H2,22,27). The molecule has 0 radical (unpaired) electrons. The van der Waals surface area contributed by atoms with E-state index in [0.29, 0.717) is 17.7 Å². The molecule has 138 valence electrons. The van der Waals surface area contributed by atoms with Gasteiger partial charge >= 0.3 is 0 Å². The largest absolute Gasteiger partial charge is 0.369 e. The van der Waals surface area contributed by atoms with Crippen molar-refractivity contribution in [2.45, 2.75) is 43.2 Å². The van der Waals surface area contributed by atoms with Crippen LogP contribution in [0.1, 0.15) is 54.5 Å². The number of carbonyl (C=O) groups is 1. The van der Waals surface area contributed by atoms with E-state index in [4.69, 9.17) is 10.8 Å². The zero-order valence-electron chi connectivity index (χ0n) is 14.8. The highest BCUT2D eigenvalue weighted by Gasteiger charge is 2.43. The van der Waals surface area contributed by atoms with Crippen LogP contribution < -0.4 is 5.73 Å². The Hall–Kier alpha value is -2.83. The molecule has 1 amide bonds. The van der Waals surface area contributed by atoms with Crippen molar-refractivity contribution in [3.63, 3.8) is 0 Å². The molecular weight excluding hydrogens is 345 g/mol. The highest BCUT2D eigenvalue weighted by Crippen LogP contribution is 2.45. The molecule has 0 bridgehead atoms. The zero-order chi connectivity index (χ0) is 18.6. The van der Waals surface area contributed by atoms with Crippen molar-refractivity contribution < 1.29 is 9.18 Å². The van der Waals surface area contributed by atoms with E-state index in [9.17, 15) is 4.79 Å². The number of nitrogens with zero attached hydrogens (tertiary/aromatic N) is 4. The van der Waals surface area contributed by atoms with Crippen molar-refractivity contribution in [1.82, 2.24) is 14.8 Å². The Morgan fingerprint density at radius 2 is 2.00 bits per heavy atom. The number of alkyl halides is 1. The molecule has 2 saturated carbocycles. The Morgan fingerprint density at radius 1 is 1.22 bits per heavy atom. The second-order valence-electron chi connectivity index (χ2n) is 7.63. The van der Waals surface area contributed by atoms with Gasteiger partial charge in [-0.2, -0.15) is 5.10 Å². The molecule has 2 fully saturated rings. The van der Waals surface area contributed by atoms with Crippen LogP contribution in [-0.2, 0) is 10.5 Å². The highest BCUT2D eigenvalue weighted by molar-refractivity contribution is 5.88. The third-order valence-corrected chi connectivity index (χ3v) is 5.54. The Kier molecular flexibility index (Phi) is 3.54. The monoisotopic (exact) mass is 365 g/mol. The molecule has 27 heavy (non-hydrogen) atoms. The Balaban J connectivity index is 1.50. The summed E-state index contributed by atoms with van der Waals surface area (Å²) >= 11 is 0. The minimum atomic E-state index is -2.09. The van der Waals surface area contributed by atoms with Crippen LogP contribution in [0.2, 0.25) is 0 Å². The quantitative estimate of drug-likeness (QED) is 0.884. The summed E-state index contributed by atoms with van der Waals surface area (Å²) in [7, 11) is 0. The molecule has 2 unspecified atom stereocenters. The molecule has 2 N–H and O–H groups in total. The van der Waals surface area contributed by atoms with Gasteiger partial charge in [-0.05, 0) is 43.9 Å². The summed E-state index contributed by atoms with van der Waals surface area (Å²) in [6, 6.07) is 5.58. The predicted molar refractivity (Wildman–Crippen MR) is 98.4 cm³/mol. The van der Waals surface area contributed by atoms with Crippen molar-refractivity contribution in [3.8, 4) is 5.82 Å². The summed E-state index contributed by atoms with van der Waals surface area (Å²) in [6.07, 6.45) is 10.1. The number of hydrogen-bond donors (Lipinski definition) is 1. The number of amides is 1. The van der Waals surface area contributed by atoms with Gasteiger partial charge in [-0.15, -0.1) is 0 Å². The van der Waals surface area contributed by atoms with Crippen LogP contribution in [0, 0.1) is 5.92 Å². The van der Waals surface area contributed by atoms with Gasteiger partial charge in [-0.1, -0.05) is 6.07 Å². The molecule has 0 spiro atoms. The van der Waals surface area contributed by atoms with E-state index in [1.54, 1.807) is 12.1 Å². The molecule has 2 aliphatic carbocycles. The Labute approximate surface area is 156 Å². The number of aliphatic imine (C=N–C) groups is 1. The molecule has 3 aliphatic rings. The maximum Gasteiger partial charge on any atom is 0.228 e. The van der Waals surface area contributed by atoms with Crippen LogP contribution in [0.25, 0.3) is 5.82 Å². The summed E-state index contributed by atoms with van der Waals surface area (Å²) < 4.78 is 17.4. The fourth-order valence-electron chi connectivity index (χ4n) is 3.65. The van der Waals surface area contributed by atoms with Crippen LogP contribution in [0.4, 0.5) is 4.39 Å². The van der Waals surface area contributed by atoms with E-state index in [1.165, 1.54) is 49.9 Å². The first-order valence-electron chi connectivity index (χ1n) is 9.32. The van der Waals surface area contributed by atoms with Crippen LogP contribution in [0.15, 0.2) is 41.7 Å². The molecule has 2 aromatic rings. The average Bonchev–Trinajstić information content (AvgIpc) is 3.60. The van der Waals surface area contributed by atoms with Gasteiger partial charge in [0.25, 0.3) is 0 Å². The van der Waals surface area contributed by atoms with E-state index in [1.807, 2.05) is 4.68 Å². The van der Waals surface area contributed by atoms with Crippen molar-refractivity contribution in [2.24, 2.45) is 16.6 Å². The molecule has 0 aromatic carbocycles. The lowest BCUT2D eigenvalue weighted by Gasteiger charge is -2.28. The second kappa shape index (κ2) is 5.84. The normalized spacial score (nSPS) is 27.1. The van der Waals surface area contributed by atoms with Crippen LogP contribution in [0.3, 0.4) is 0 Å². The Morgan fingerprint density at radius 3 is 2.63 bits per heavy atom. The first-order valence-corrected chi connectivity index (χ1v) is 9.32. The van der Waals surface area contributed by atoms with Crippen molar-refractivity contribution in [2.75, 3.05) is 0 Å². The van der Waals surface area contributed by atoms with Crippen LogP contribution in [-0.4, -0.2) is 26.9 Å². The molecule has 2 aromatic heterocycles. The molecule has 2 atom stereocenters. The number of hydrogen-bond acceptors (Lipinski definition) is 4. The molecule has 0 saturated heterocycles. The molecule has 3 heterocycles. The zero-order valence-corrected chi connectivity index (χ0v) is 14.8. The van der Waals surface area contributed by atoms with Gasteiger partial charge < -0.3 is 5.73 Å². The van der Waals surface area contributed by atoms with E-state index < -0.39 is 17.5 Å². The molecule has 5 rings (SSSR count). The number of halogens is 1. The summed E-state index contributed by atoms with van der Waals surface area (Å²) in [5.74, 6) is -0.0698. The lowest BCUT2D eigenvalue weighted by Crippen LogP contribution is -2.41. The van der Waals surface area contributed by atoms with Gasteiger partial charge in [-0.3, -0.25) is 9.79 Å². The first kappa shape index (κ1) is 16.4. The van der Waals surface area contributed by atoms with Gasteiger partial charge in [-0.25, -0.2) is 14.1 Å². The van der Waals surface area contributed by atoms with Crippen molar-refractivity contribution in [3.05, 3.63) is 53.6 Å². The van der Waals surface area contributed by atoms with E-state index in [2.05, 4.69) is 16.0 Å². The summed E-state index contributed by atoms with van der Waals surface area (Å²) in [5, 5.41) is 4.76. The average molecular weight is 365 g/mol. The number of carbonyl (C=O) groups excluding carboxylic acids is 1. The van der Waals surface area contributed by atoms with E-state index in [-0.39, 0.29) is 5.56 Å². The third-order valence-electron chi connectivity index (χ3n) is 5.54. The van der Waals surface area contributed by atoms with Gasteiger partial charge in [0, 0.05) is 41.7 Å². The van der Waals surface area contributed by atoms with Gasteiger partial charge in [0.15, 0.2) is 11.5 Å². The van der Waals surface area contributed by atoms with Gasteiger partial charge in [0.1, 0.15) is 5.92 Å². The number of aromatic nitrogens is 3. The summed E-state index contributed by atoms with van der Waals surface area (Å²) in [5.41, 5.74) is 5.85. The van der Waals surface area contributed by atoms with Gasteiger partial charge in [0.2, 0.25) is 5.91 Å². The number of pyridine rings is 1. The van der Waals surface area contributed by atoms with Crippen molar-refractivity contribution in [1.29, 1.82) is 0 Å². The lowest BCUT2D eigenvalue weighted by molar-refractivity contribution is -0.123. The molecule has 1 aliphatic heterocycles. The Bertz CT molecular complexity index is 955. The summed E-state index contributed by atoms with van der Waals surface area (Å²) in [6.45, 7) is 0. The van der Waals surface area contributed by atoms with Crippen molar-refractivity contribution >= 4 is 12.1 Å². The predicted octanol–water partition coefficient (Wildman–Crippen LogP) is 2.89. The maximum atomic E-state index is 15.5. The van der Waals surface area contributed by atoms with E-state index in [0.717, 1.165) is 11.9 Å². The fourth-order valence-corrected chi connectivity index (χ4v) is 3.65. The third kappa shape index (κ3) is 2.78. The smallest absolute Gasteiger partial charge is 0.228 e. The molecule has 6 nitrogen and oxygen atoms in total. The van der Waals surface area contributed by atoms with Crippen LogP contribution >= 0.6 is 0 Å². The number of primary amides is 1. The van der Waals surface area contributed by atoms with E-state index >= 15 is 4.39 Å².